The molecule has 7 heteroatoms. The Morgan fingerprint density at radius 3 is 2.46 bits per heavy atom. The molecule has 1 fully saturated rings. The van der Waals surface area contributed by atoms with E-state index in [9.17, 15) is 19.5 Å². The quantitative estimate of drug-likeness (QED) is 0.388. The van der Waals surface area contributed by atoms with Crippen LogP contribution in [0.3, 0.4) is 0 Å². The predicted molar refractivity (Wildman–Crippen MR) is 144 cm³/mol. The number of rotatable bonds is 9. The molecule has 1 aliphatic heterocycles. The number of ether oxygens (including phenoxy) is 1. The molecule has 37 heavy (non-hydrogen) atoms. The second kappa shape index (κ2) is 11.5. The van der Waals surface area contributed by atoms with Gasteiger partial charge in [-0.3, -0.25) is 14.4 Å². The maximum atomic E-state index is 14.0. The van der Waals surface area contributed by atoms with Gasteiger partial charge in [0.25, 0.3) is 0 Å². The van der Waals surface area contributed by atoms with E-state index >= 15 is 0 Å². The molecule has 0 bridgehead atoms. The van der Waals surface area contributed by atoms with Crippen molar-refractivity contribution in [3.63, 3.8) is 0 Å². The van der Waals surface area contributed by atoms with Crippen molar-refractivity contribution < 1.29 is 24.2 Å². The van der Waals surface area contributed by atoms with Gasteiger partial charge in [0.05, 0.1) is 31.1 Å². The van der Waals surface area contributed by atoms with Gasteiger partial charge in [0.1, 0.15) is 6.04 Å². The average Bonchev–Trinajstić information content (AvgIpc) is 3.18. The minimum atomic E-state index is -0.842. The monoisotopic (exact) mass is 506 g/mol. The molecule has 0 saturated carbocycles. The van der Waals surface area contributed by atoms with E-state index in [4.69, 9.17) is 4.74 Å². The van der Waals surface area contributed by atoms with Crippen molar-refractivity contribution in [3.8, 4) is 0 Å². The van der Waals surface area contributed by atoms with Gasteiger partial charge in [0, 0.05) is 11.6 Å². The molecule has 2 amide bonds. The number of fused-ring (bicyclic) bond motifs is 2. The Labute approximate surface area is 218 Å². The lowest BCUT2D eigenvalue weighted by molar-refractivity contribution is -0.156. The Kier molecular flexibility index (Phi) is 8.32. The maximum Gasteiger partial charge on any atom is 0.310 e. The van der Waals surface area contributed by atoms with E-state index in [2.05, 4.69) is 5.32 Å². The summed E-state index contributed by atoms with van der Waals surface area (Å²) in [5.41, 5.74) is 0.636. The van der Waals surface area contributed by atoms with Crippen LogP contribution in [0.25, 0.3) is 10.8 Å². The molecular weight excluding hydrogens is 468 g/mol. The lowest BCUT2D eigenvalue weighted by Crippen LogP contribution is -2.51. The fourth-order valence-electron chi connectivity index (χ4n) is 6.09. The van der Waals surface area contributed by atoms with Crippen LogP contribution >= 0.6 is 0 Å². The van der Waals surface area contributed by atoms with Crippen LogP contribution in [0.2, 0.25) is 0 Å². The molecule has 6 atom stereocenters. The average molecular weight is 507 g/mol. The second-order valence-corrected chi connectivity index (χ2v) is 10.5. The number of esters is 1. The zero-order chi connectivity index (χ0) is 26.7. The van der Waals surface area contributed by atoms with Crippen molar-refractivity contribution in [2.24, 2.45) is 29.6 Å². The lowest BCUT2D eigenvalue weighted by Gasteiger charge is -2.34. The van der Waals surface area contributed by atoms with Gasteiger partial charge in [-0.25, -0.2) is 0 Å². The number of carbonyl (C=O) groups is 3. The Balaban J connectivity index is 1.73. The minimum absolute atomic E-state index is 0.147. The van der Waals surface area contributed by atoms with Crippen molar-refractivity contribution in [2.45, 2.75) is 52.6 Å². The summed E-state index contributed by atoms with van der Waals surface area (Å²) >= 11 is 0. The summed E-state index contributed by atoms with van der Waals surface area (Å²) < 4.78 is 5.40. The number of carbonyl (C=O) groups excluding carboxylic acids is 3. The summed E-state index contributed by atoms with van der Waals surface area (Å²) in [7, 11) is 0. The Morgan fingerprint density at radius 1 is 1.08 bits per heavy atom. The fraction of sp³-hybridized carbons (Fsp3) is 0.500. The van der Waals surface area contributed by atoms with Crippen molar-refractivity contribution in [3.05, 3.63) is 54.6 Å². The van der Waals surface area contributed by atoms with Gasteiger partial charge in [0.2, 0.25) is 11.8 Å². The van der Waals surface area contributed by atoms with Crippen molar-refractivity contribution in [1.82, 2.24) is 4.90 Å². The molecule has 2 aliphatic rings. The van der Waals surface area contributed by atoms with Crippen LogP contribution in [0.15, 0.2) is 54.6 Å². The van der Waals surface area contributed by atoms with Crippen LogP contribution in [-0.4, -0.2) is 53.1 Å². The zero-order valence-electron chi connectivity index (χ0n) is 22.1. The SMILES string of the molecule is CCOC(=O)[C@H]1[C@@H]2C(=O)N([C@@H](CO)CC(C)C)[C@H](C(=O)Nc3ccc4ccccc4c3)[C@H]2C=C[C@H]1CC. The summed E-state index contributed by atoms with van der Waals surface area (Å²) in [5, 5.41) is 15.4. The number of amides is 2. The van der Waals surface area contributed by atoms with Gasteiger partial charge in [-0.15, -0.1) is 0 Å². The largest absolute Gasteiger partial charge is 0.466 e. The normalized spacial score (nSPS) is 25.8. The standard InChI is InChI=1S/C30H38N2O5/c1-5-19-12-14-24-26(25(19)30(36)37-6-2)29(35)32(23(17-33)15-18(3)4)27(24)28(34)31-22-13-11-20-9-7-8-10-21(20)16-22/h7-14,16,18-19,23-27,33H,5-6,15,17H2,1-4H3,(H,31,34)/t19-,23-,24+,25-,26-,27+/m1/s1. The molecule has 2 N–H and O–H groups in total. The van der Waals surface area contributed by atoms with Crippen molar-refractivity contribution in [1.29, 1.82) is 0 Å². The predicted octanol–water partition coefficient (Wildman–Crippen LogP) is 4.40. The van der Waals surface area contributed by atoms with E-state index in [0.29, 0.717) is 18.5 Å². The zero-order valence-corrected chi connectivity index (χ0v) is 22.1. The fourth-order valence-corrected chi connectivity index (χ4v) is 6.09. The Morgan fingerprint density at radius 2 is 1.81 bits per heavy atom. The first-order valence-corrected chi connectivity index (χ1v) is 13.4. The first-order chi connectivity index (χ1) is 17.8. The lowest BCUT2D eigenvalue weighted by atomic mass is 9.69. The van der Waals surface area contributed by atoms with E-state index in [-0.39, 0.29) is 36.9 Å². The highest BCUT2D eigenvalue weighted by molar-refractivity contribution is 6.02. The number of hydrogen-bond donors (Lipinski definition) is 2. The van der Waals surface area contributed by atoms with E-state index in [1.165, 1.54) is 0 Å². The molecule has 2 aromatic rings. The van der Waals surface area contributed by atoms with Crippen LogP contribution in [-0.2, 0) is 19.1 Å². The summed E-state index contributed by atoms with van der Waals surface area (Å²) in [5.74, 6) is -2.78. The van der Waals surface area contributed by atoms with E-state index in [0.717, 1.165) is 10.8 Å². The molecule has 1 saturated heterocycles. The molecule has 7 nitrogen and oxygen atoms in total. The summed E-state index contributed by atoms with van der Waals surface area (Å²) in [6.07, 6.45) is 5.12. The molecule has 0 unspecified atom stereocenters. The van der Waals surface area contributed by atoms with Crippen molar-refractivity contribution >= 4 is 34.2 Å². The van der Waals surface area contributed by atoms with Gasteiger partial charge in [0.15, 0.2) is 0 Å². The smallest absolute Gasteiger partial charge is 0.310 e. The first kappa shape index (κ1) is 26.9. The van der Waals surface area contributed by atoms with Crippen LogP contribution in [0.5, 0.6) is 0 Å². The minimum Gasteiger partial charge on any atom is -0.466 e. The number of nitrogens with zero attached hydrogens (tertiary/aromatic N) is 1. The molecule has 0 aromatic heterocycles. The third-order valence-corrected chi connectivity index (χ3v) is 7.71. The number of benzene rings is 2. The number of nitrogens with one attached hydrogen (secondary N) is 1. The molecule has 1 heterocycles. The summed E-state index contributed by atoms with van der Waals surface area (Å²) in [6, 6.07) is 12.2. The highest BCUT2D eigenvalue weighted by Crippen LogP contribution is 2.46. The summed E-state index contributed by atoms with van der Waals surface area (Å²) in [6.45, 7) is 7.75. The van der Waals surface area contributed by atoms with Gasteiger partial charge in [-0.2, -0.15) is 0 Å². The molecule has 0 spiro atoms. The van der Waals surface area contributed by atoms with Gasteiger partial charge in [-0.05, 0) is 54.5 Å². The van der Waals surface area contributed by atoms with Crippen LogP contribution in [0.4, 0.5) is 5.69 Å². The highest BCUT2D eigenvalue weighted by atomic mass is 16.5. The third-order valence-electron chi connectivity index (χ3n) is 7.71. The number of likely N-dealkylation sites (tertiary alicyclic amines) is 1. The van der Waals surface area contributed by atoms with Gasteiger partial charge < -0.3 is 20.1 Å². The Hall–Kier alpha value is -3.19. The molecule has 2 aromatic carbocycles. The maximum absolute atomic E-state index is 14.0. The van der Waals surface area contributed by atoms with Crippen molar-refractivity contribution in [2.75, 3.05) is 18.5 Å². The van der Waals surface area contributed by atoms with Crippen LogP contribution in [0, 0.1) is 29.6 Å². The molecule has 4 rings (SSSR count). The van der Waals surface area contributed by atoms with E-state index in [1.807, 2.05) is 75.4 Å². The summed E-state index contributed by atoms with van der Waals surface area (Å²) in [4.78, 5) is 42.6. The second-order valence-electron chi connectivity index (χ2n) is 10.5. The molecule has 1 aliphatic carbocycles. The highest BCUT2D eigenvalue weighted by Gasteiger charge is 2.58. The number of anilines is 1. The molecule has 0 radical (unpaired) electrons. The number of aliphatic hydroxyl groups is 1. The first-order valence-electron chi connectivity index (χ1n) is 13.4. The van der Waals surface area contributed by atoms with Crippen LogP contribution in [0.1, 0.15) is 40.5 Å². The van der Waals surface area contributed by atoms with E-state index < -0.39 is 35.8 Å². The molecule has 198 valence electrons. The van der Waals surface area contributed by atoms with E-state index in [1.54, 1.807) is 11.8 Å². The number of allylic oxidation sites excluding steroid dienone is 1. The molecular formula is C30H38N2O5. The van der Waals surface area contributed by atoms with Crippen LogP contribution < -0.4 is 5.32 Å². The number of hydrogen-bond acceptors (Lipinski definition) is 5. The topological polar surface area (TPSA) is 95.9 Å². The Bertz CT molecular complexity index is 1180. The van der Waals surface area contributed by atoms with Gasteiger partial charge >= 0.3 is 5.97 Å². The third kappa shape index (κ3) is 5.28. The van der Waals surface area contributed by atoms with Gasteiger partial charge in [-0.1, -0.05) is 63.3 Å². The number of aliphatic hydroxyl groups excluding tert-OH is 1.